The Kier molecular flexibility index (Phi) is 1.29. The second-order valence-electron chi connectivity index (χ2n) is 5.53. The Morgan fingerprint density at radius 1 is 1.46 bits per heavy atom. The van der Waals surface area contributed by atoms with Crippen LogP contribution in [-0.2, 0) is 0 Å². The van der Waals surface area contributed by atoms with Crippen LogP contribution in [0.5, 0.6) is 0 Å². The Morgan fingerprint density at radius 2 is 2.23 bits per heavy atom. The molecule has 1 spiro atoms. The average Bonchev–Trinajstić information content (AvgIpc) is 2.50. The molecule has 3 rings (SSSR count). The van der Waals surface area contributed by atoms with E-state index in [9.17, 15) is 0 Å². The Morgan fingerprint density at radius 3 is 2.77 bits per heavy atom. The predicted octanol–water partition coefficient (Wildman–Crippen LogP) is 2.78. The molecule has 1 aliphatic heterocycles. The van der Waals surface area contributed by atoms with Gasteiger partial charge in [-0.15, -0.1) is 0 Å². The van der Waals surface area contributed by atoms with Crippen LogP contribution >= 0.6 is 0 Å². The van der Waals surface area contributed by atoms with Crippen molar-refractivity contribution in [3.05, 3.63) is 12.3 Å². The zero-order valence-corrected chi connectivity index (χ0v) is 8.71. The second kappa shape index (κ2) is 2.13. The van der Waals surface area contributed by atoms with Crippen LogP contribution in [0.25, 0.3) is 0 Å². The van der Waals surface area contributed by atoms with E-state index in [0.29, 0.717) is 5.92 Å². The minimum absolute atomic E-state index is 0.636. The van der Waals surface area contributed by atoms with Crippen molar-refractivity contribution in [1.29, 1.82) is 0 Å². The summed E-state index contributed by atoms with van der Waals surface area (Å²) in [5.74, 6) is 0.636. The molecular formula is C12H19N. The van der Waals surface area contributed by atoms with Crippen molar-refractivity contribution >= 4 is 0 Å². The van der Waals surface area contributed by atoms with Crippen molar-refractivity contribution in [1.82, 2.24) is 4.90 Å². The lowest BCUT2D eigenvalue weighted by atomic mass is 10.1. The van der Waals surface area contributed by atoms with Gasteiger partial charge < -0.3 is 4.90 Å². The molecule has 1 nitrogen and oxygen atoms in total. The van der Waals surface area contributed by atoms with Gasteiger partial charge in [-0.1, -0.05) is 20.4 Å². The van der Waals surface area contributed by atoms with Crippen LogP contribution in [0.2, 0.25) is 0 Å². The third-order valence-electron chi connectivity index (χ3n) is 4.49. The van der Waals surface area contributed by atoms with Crippen molar-refractivity contribution in [3.63, 3.8) is 0 Å². The van der Waals surface area contributed by atoms with Gasteiger partial charge in [-0.05, 0) is 37.0 Å². The molecule has 1 heterocycles. The molecule has 2 aliphatic carbocycles. The lowest BCUT2D eigenvalue weighted by Crippen LogP contribution is -2.34. The predicted molar refractivity (Wildman–Crippen MR) is 54.3 cm³/mol. The van der Waals surface area contributed by atoms with Crippen LogP contribution in [0, 0.1) is 11.3 Å². The van der Waals surface area contributed by atoms with E-state index in [4.69, 9.17) is 0 Å². The lowest BCUT2D eigenvalue weighted by Gasteiger charge is -2.33. The number of rotatable bonds is 2. The fourth-order valence-electron chi connectivity index (χ4n) is 3.56. The lowest BCUT2D eigenvalue weighted by molar-refractivity contribution is 0.235. The molecule has 0 N–H and O–H groups in total. The molecule has 13 heavy (non-hydrogen) atoms. The highest BCUT2D eigenvalue weighted by Gasteiger charge is 2.67. The van der Waals surface area contributed by atoms with E-state index in [2.05, 4.69) is 25.3 Å². The van der Waals surface area contributed by atoms with Gasteiger partial charge in [0, 0.05) is 17.8 Å². The first-order valence-corrected chi connectivity index (χ1v) is 5.61. The molecule has 0 amide bonds. The normalized spacial score (nSPS) is 45.6. The Labute approximate surface area is 80.8 Å². The number of piperidine rings is 2. The first kappa shape index (κ1) is 7.90. The third kappa shape index (κ3) is 0.832. The number of nitrogens with zero attached hydrogens (tertiary/aromatic N) is 1. The molecule has 1 heteroatoms. The number of hydrogen-bond acceptors (Lipinski definition) is 1. The minimum atomic E-state index is 0.636. The molecule has 3 aliphatic rings. The van der Waals surface area contributed by atoms with Gasteiger partial charge in [0.15, 0.2) is 0 Å². The molecule has 3 unspecified atom stereocenters. The summed E-state index contributed by atoms with van der Waals surface area (Å²) >= 11 is 0. The van der Waals surface area contributed by atoms with Crippen molar-refractivity contribution in [2.24, 2.45) is 11.3 Å². The van der Waals surface area contributed by atoms with Crippen LogP contribution in [0.1, 0.15) is 39.5 Å². The first-order chi connectivity index (χ1) is 6.14. The molecule has 3 atom stereocenters. The maximum absolute atomic E-state index is 4.25. The molecule has 0 aromatic rings. The van der Waals surface area contributed by atoms with Gasteiger partial charge in [0.25, 0.3) is 0 Å². The summed E-state index contributed by atoms with van der Waals surface area (Å²) < 4.78 is 0. The van der Waals surface area contributed by atoms with Gasteiger partial charge in [-0.2, -0.15) is 0 Å². The SMILES string of the molecule is C=C(C(C)C)N1C2CCC3(C2)CC13. The first-order valence-electron chi connectivity index (χ1n) is 5.61. The smallest absolute Gasteiger partial charge is 0.0353 e. The summed E-state index contributed by atoms with van der Waals surface area (Å²) in [5.41, 5.74) is 2.18. The Bertz CT molecular complexity index is 264. The quantitative estimate of drug-likeness (QED) is 0.627. The molecule has 2 bridgehead atoms. The molecule has 2 saturated carbocycles. The van der Waals surface area contributed by atoms with Gasteiger partial charge in [0.1, 0.15) is 0 Å². The summed E-state index contributed by atoms with van der Waals surface area (Å²) in [5, 5.41) is 0. The standard InChI is InChI=1S/C12H19N/c1-8(2)9(3)13-10-4-5-12(6-10)7-11(12)13/h8,10-11H,3-7H2,1-2H3. The van der Waals surface area contributed by atoms with Gasteiger partial charge in [-0.3, -0.25) is 0 Å². The maximum Gasteiger partial charge on any atom is 0.0353 e. The van der Waals surface area contributed by atoms with Crippen LogP contribution < -0.4 is 0 Å². The van der Waals surface area contributed by atoms with Crippen LogP contribution in [0.15, 0.2) is 12.3 Å². The Hall–Kier alpha value is -0.460. The minimum Gasteiger partial charge on any atom is -0.369 e. The van der Waals surface area contributed by atoms with Crippen molar-refractivity contribution in [2.45, 2.75) is 51.6 Å². The summed E-state index contributed by atoms with van der Waals surface area (Å²) in [6.07, 6.45) is 5.88. The topological polar surface area (TPSA) is 3.24 Å². The largest absolute Gasteiger partial charge is 0.369 e. The highest BCUT2D eigenvalue weighted by molar-refractivity contribution is 5.26. The second-order valence-corrected chi connectivity index (χ2v) is 5.53. The molecule has 3 fully saturated rings. The van der Waals surface area contributed by atoms with Crippen LogP contribution in [0.3, 0.4) is 0 Å². The number of likely N-dealkylation sites (tertiary alicyclic amines) is 1. The molecular weight excluding hydrogens is 158 g/mol. The zero-order valence-electron chi connectivity index (χ0n) is 8.71. The monoisotopic (exact) mass is 177 g/mol. The zero-order chi connectivity index (χ0) is 9.22. The van der Waals surface area contributed by atoms with Crippen molar-refractivity contribution < 1.29 is 0 Å². The van der Waals surface area contributed by atoms with Crippen LogP contribution in [-0.4, -0.2) is 17.0 Å². The maximum atomic E-state index is 4.25. The third-order valence-corrected chi connectivity index (χ3v) is 4.49. The van der Waals surface area contributed by atoms with Crippen molar-refractivity contribution in [2.75, 3.05) is 0 Å². The van der Waals surface area contributed by atoms with E-state index in [-0.39, 0.29) is 0 Å². The van der Waals surface area contributed by atoms with Crippen molar-refractivity contribution in [3.8, 4) is 0 Å². The van der Waals surface area contributed by atoms with E-state index in [1.807, 2.05) is 0 Å². The highest BCUT2D eigenvalue weighted by atomic mass is 15.3. The Balaban J connectivity index is 1.84. The molecule has 0 radical (unpaired) electrons. The van der Waals surface area contributed by atoms with E-state index in [0.717, 1.165) is 17.5 Å². The number of allylic oxidation sites excluding steroid dienone is 1. The fourth-order valence-corrected chi connectivity index (χ4v) is 3.56. The molecule has 0 aromatic heterocycles. The summed E-state index contributed by atoms with van der Waals surface area (Å²) in [7, 11) is 0. The van der Waals surface area contributed by atoms with Gasteiger partial charge >= 0.3 is 0 Å². The van der Waals surface area contributed by atoms with Gasteiger partial charge in [0.2, 0.25) is 0 Å². The summed E-state index contributed by atoms with van der Waals surface area (Å²) in [4.78, 5) is 2.66. The summed E-state index contributed by atoms with van der Waals surface area (Å²) in [6.45, 7) is 8.79. The molecule has 1 saturated heterocycles. The van der Waals surface area contributed by atoms with E-state index >= 15 is 0 Å². The molecule has 72 valence electrons. The van der Waals surface area contributed by atoms with E-state index in [1.165, 1.54) is 31.4 Å². The average molecular weight is 177 g/mol. The van der Waals surface area contributed by atoms with E-state index in [1.54, 1.807) is 0 Å². The fraction of sp³-hybridized carbons (Fsp3) is 0.833. The number of hydrogen-bond donors (Lipinski definition) is 0. The highest BCUT2D eigenvalue weighted by Crippen LogP contribution is 2.68. The molecule has 0 aromatic carbocycles. The van der Waals surface area contributed by atoms with Crippen LogP contribution in [0.4, 0.5) is 0 Å². The number of fused-ring (bicyclic) bond motifs is 1. The van der Waals surface area contributed by atoms with Gasteiger partial charge in [0.05, 0.1) is 0 Å². The van der Waals surface area contributed by atoms with E-state index < -0.39 is 0 Å². The summed E-state index contributed by atoms with van der Waals surface area (Å²) in [6, 6.07) is 1.77. The van der Waals surface area contributed by atoms with Gasteiger partial charge in [-0.25, -0.2) is 0 Å².